The highest BCUT2D eigenvalue weighted by atomic mass is 19.1. The number of benzene rings is 2. The molecule has 0 saturated heterocycles. The predicted octanol–water partition coefficient (Wildman–Crippen LogP) is 3.32. The van der Waals surface area contributed by atoms with E-state index in [0.29, 0.717) is 11.8 Å². The topological polar surface area (TPSA) is 53.9 Å². The quantitative estimate of drug-likeness (QED) is 0.802. The Labute approximate surface area is 139 Å². The maximum absolute atomic E-state index is 13.0. The summed E-state index contributed by atoms with van der Waals surface area (Å²) in [6.07, 6.45) is 2.53. The minimum Gasteiger partial charge on any atom is -0.339 e. The van der Waals surface area contributed by atoms with E-state index in [4.69, 9.17) is 0 Å². The average molecular weight is 321 g/mol. The summed E-state index contributed by atoms with van der Waals surface area (Å²) in [6, 6.07) is 14.5. The van der Waals surface area contributed by atoms with Gasteiger partial charge in [-0.3, -0.25) is 0 Å². The lowest BCUT2D eigenvalue weighted by molar-refractivity contribution is 0.628. The SMILES string of the molecule is Fc1ccc(Nc2cnnc(N3CCc4ccccc4C3)n2)cc1. The van der Waals surface area contributed by atoms with Gasteiger partial charge in [-0.2, -0.15) is 10.1 Å². The van der Waals surface area contributed by atoms with Crippen molar-refractivity contribution in [1.29, 1.82) is 0 Å². The van der Waals surface area contributed by atoms with Crippen LogP contribution in [0.15, 0.2) is 54.7 Å². The first kappa shape index (κ1) is 14.6. The minimum atomic E-state index is -0.269. The van der Waals surface area contributed by atoms with Gasteiger partial charge in [0, 0.05) is 18.8 Å². The van der Waals surface area contributed by atoms with Gasteiger partial charge in [-0.05, 0) is 41.8 Å². The third-order valence-corrected chi connectivity index (χ3v) is 4.08. The molecule has 24 heavy (non-hydrogen) atoms. The maximum Gasteiger partial charge on any atom is 0.247 e. The first-order valence-corrected chi connectivity index (χ1v) is 7.82. The van der Waals surface area contributed by atoms with Gasteiger partial charge in [0.1, 0.15) is 5.82 Å². The van der Waals surface area contributed by atoms with Crippen molar-refractivity contribution in [3.05, 3.63) is 71.7 Å². The van der Waals surface area contributed by atoms with E-state index >= 15 is 0 Å². The fraction of sp³-hybridized carbons (Fsp3) is 0.167. The van der Waals surface area contributed by atoms with Crippen LogP contribution in [0.3, 0.4) is 0 Å². The smallest absolute Gasteiger partial charge is 0.247 e. The predicted molar refractivity (Wildman–Crippen MR) is 90.7 cm³/mol. The molecule has 2 heterocycles. The van der Waals surface area contributed by atoms with Crippen molar-refractivity contribution in [3.8, 4) is 0 Å². The number of nitrogens with zero attached hydrogens (tertiary/aromatic N) is 4. The third-order valence-electron chi connectivity index (χ3n) is 4.08. The van der Waals surface area contributed by atoms with E-state index in [2.05, 4.69) is 43.6 Å². The second-order valence-electron chi connectivity index (χ2n) is 5.71. The zero-order valence-corrected chi connectivity index (χ0v) is 13.0. The molecule has 0 amide bonds. The molecule has 6 heteroatoms. The van der Waals surface area contributed by atoms with Crippen molar-refractivity contribution >= 4 is 17.5 Å². The largest absolute Gasteiger partial charge is 0.339 e. The van der Waals surface area contributed by atoms with Crippen molar-refractivity contribution in [1.82, 2.24) is 15.2 Å². The van der Waals surface area contributed by atoms with E-state index < -0.39 is 0 Å². The molecule has 4 rings (SSSR count). The number of hydrogen-bond acceptors (Lipinski definition) is 5. The first-order valence-electron chi connectivity index (χ1n) is 7.82. The van der Waals surface area contributed by atoms with Crippen LogP contribution in [-0.4, -0.2) is 21.7 Å². The highest BCUT2D eigenvalue weighted by Gasteiger charge is 2.18. The number of rotatable bonds is 3. The van der Waals surface area contributed by atoms with Crippen LogP contribution >= 0.6 is 0 Å². The van der Waals surface area contributed by atoms with Crippen molar-refractivity contribution in [2.75, 3.05) is 16.8 Å². The monoisotopic (exact) mass is 321 g/mol. The molecule has 1 aliphatic rings. The zero-order chi connectivity index (χ0) is 16.4. The average Bonchev–Trinajstić information content (AvgIpc) is 2.63. The molecule has 3 aromatic rings. The van der Waals surface area contributed by atoms with Crippen LogP contribution in [0.25, 0.3) is 0 Å². The molecule has 0 spiro atoms. The van der Waals surface area contributed by atoms with Crippen LogP contribution in [0.5, 0.6) is 0 Å². The highest BCUT2D eigenvalue weighted by molar-refractivity contribution is 5.56. The van der Waals surface area contributed by atoms with Crippen LogP contribution in [-0.2, 0) is 13.0 Å². The summed E-state index contributed by atoms with van der Waals surface area (Å²) in [6.45, 7) is 1.64. The lowest BCUT2D eigenvalue weighted by Gasteiger charge is -2.28. The van der Waals surface area contributed by atoms with E-state index in [1.165, 1.54) is 23.3 Å². The number of aromatic nitrogens is 3. The van der Waals surface area contributed by atoms with E-state index in [1.807, 2.05) is 6.07 Å². The van der Waals surface area contributed by atoms with E-state index in [0.717, 1.165) is 25.2 Å². The Kier molecular flexibility index (Phi) is 3.78. The Morgan fingerprint density at radius 2 is 1.79 bits per heavy atom. The molecule has 1 aromatic heterocycles. The highest BCUT2D eigenvalue weighted by Crippen LogP contribution is 2.22. The molecule has 0 atom stereocenters. The Morgan fingerprint density at radius 1 is 1.00 bits per heavy atom. The number of hydrogen-bond donors (Lipinski definition) is 1. The van der Waals surface area contributed by atoms with Crippen molar-refractivity contribution in [2.24, 2.45) is 0 Å². The number of halogens is 1. The normalized spacial score (nSPS) is 13.5. The second-order valence-corrected chi connectivity index (χ2v) is 5.71. The van der Waals surface area contributed by atoms with Gasteiger partial charge in [-0.15, -0.1) is 5.10 Å². The molecule has 0 unspecified atom stereocenters. The molecule has 2 aromatic carbocycles. The number of nitrogens with one attached hydrogen (secondary N) is 1. The molecule has 1 N–H and O–H groups in total. The second kappa shape index (κ2) is 6.23. The lowest BCUT2D eigenvalue weighted by Crippen LogP contribution is -2.32. The molecule has 0 bridgehead atoms. The summed E-state index contributed by atoms with van der Waals surface area (Å²) in [5, 5.41) is 11.3. The molecule has 0 aliphatic carbocycles. The van der Waals surface area contributed by atoms with Gasteiger partial charge < -0.3 is 10.2 Å². The van der Waals surface area contributed by atoms with Crippen LogP contribution in [0, 0.1) is 5.82 Å². The maximum atomic E-state index is 13.0. The summed E-state index contributed by atoms with van der Waals surface area (Å²) in [5.74, 6) is 0.913. The summed E-state index contributed by atoms with van der Waals surface area (Å²) in [5.41, 5.74) is 3.43. The summed E-state index contributed by atoms with van der Waals surface area (Å²) < 4.78 is 13.0. The van der Waals surface area contributed by atoms with Crippen LogP contribution in [0.4, 0.5) is 21.8 Å². The Hall–Kier alpha value is -3.02. The van der Waals surface area contributed by atoms with E-state index in [1.54, 1.807) is 18.3 Å². The van der Waals surface area contributed by atoms with Crippen molar-refractivity contribution in [2.45, 2.75) is 13.0 Å². The van der Waals surface area contributed by atoms with Gasteiger partial charge in [0.2, 0.25) is 5.95 Å². The lowest BCUT2D eigenvalue weighted by atomic mass is 10.0. The summed E-state index contributed by atoms with van der Waals surface area (Å²) in [7, 11) is 0. The third kappa shape index (κ3) is 3.03. The van der Waals surface area contributed by atoms with Crippen molar-refractivity contribution in [3.63, 3.8) is 0 Å². The fourth-order valence-corrected chi connectivity index (χ4v) is 2.84. The van der Waals surface area contributed by atoms with E-state index in [9.17, 15) is 4.39 Å². The first-order chi connectivity index (χ1) is 11.8. The molecular weight excluding hydrogens is 305 g/mol. The molecule has 0 fully saturated rings. The summed E-state index contributed by atoms with van der Waals surface area (Å²) in [4.78, 5) is 6.65. The zero-order valence-electron chi connectivity index (χ0n) is 13.0. The Balaban J connectivity index is 1.54. The van der Waals surface area contributed by atoms with Gasteiger partial charge in [0.25, 0.3) is 0 Å². The molecule has 5 nitrogen and oxygen atoms in total. The van der Waals surface area contributed by atoms with Gasteiger partial charge in [0.15, 0.2) is 5.82 Å². The molecule has 0 radical (unpaired) electrons. The molecule has 120 valence electrons. The number of fused-ring (bicyclic) bond motifs is 1. The van der Waals surface area contributed by atoms with Gasteiger partial charge in [0.05, 0.1) is 6.20 Å². The molecule has 1 aliphatic heterocycles. The van der Waals surface area contributed by atoms with Gasteiger partial charge in [-0.25, -0.2) is 4.39 Å². The van der Waals surface area contributed by atoms with Crippen LogP contribution < -0.4 is 10.2 Å². The van der Waals surface area contributed by atoms with E-state index in [-0.39, 0.29) is 5.82 Å². The summed E-state index contributed by atoms with van der Waals surface area (Å²) >= 11 is 0. The van der Waals surface area contributed by atoms with Crippen LogP contribution in [0.1, 0.15) is 11.1 Å². The molecular formula is C18H16FN5. The fourth-order valence-electron chi connectivity index (χ4n) is 2.84. The van der Waals surface area contributed by atoms with Crippen molar-refractivity contribution < 1.29 is 4.39 Å². The van der Waals surface area contributed by atoms with Crippen LogP contribution in [0.2, 0.25) is 0 Å². The van der Waals surface area contributed by atoms with Gasteiger partial charge >= 0.3 is 0 Å². The Morgan fingerprint density at radius 3 is 2.62 bits per heavy atom. The molecule has 0 saturated carbocycles. The Bertz CT molecular complexity index is 850. The van der Waals surface area contributed by atoms with Gasteiger partial charge in [-0.1, -0.05) is 24.3 Å². The standard InChI is InChI=1S/C18H16FN5/c19-15-5-7-16(8-6-15)21-17-11-20-23-18(22-17)24-10-9-13-3-1-2-4-14(13)12-24/h1-8,11H,9-10,12H2,(H,21,22,23). The number of anilines is 3. The minimum absolute atomic E-state index is 0.269.